The molecule has 1 rings (SSSR count). The van der Waals surface area contributed by atoms with Crippen molar-refractivity contribution in [2.24, 2.45) is 5.41 Å². The zero-order chi connectivity index (χ0) is 13.6. The quantitative estimate of drug-likeness (QED) is 0.790. The number of hydrogen-bond donors (Lipinski definition) is 2. The smallest absolute Gasteiger partial charge is 0.226 e. The maximum absolute atomic E-state index is 11.6. The zero-order valence-electron chi connectivity index (χ0n) is 11.4. The monoisotopic (exact) mass is 251 g/mol. The van der Waals surface area contributed by atoms with E-state index in [0.717, 1.165) is 5.69 Å². The van der Waals surface area contributed by atoms with Crippen molar-refractivity contribution >= 4 is 5.91 Å². The molecule has 1 amide bonds. The molecule has 0 unspecified atom stereocenters. The maximum atomic E-state index is 11.6. The Hall–Kier alpha value is -1.62. The van der Waals surface area contributed by atoms with Gasteiger partial charge in [-0.05, 0) is 19.9 Å². The summed E-state index contributed by atoms with van der Waals surface area (Å²) in [6, 6.07) is 5.62. The second kappa shape index (κ2) is 6.35. The molecule has 0 radical (unpaired) electrons. The lowest BCUT2D eigenvalue weighted by molar-refractivity contribution is -0.128. The van der Waals surface area contributed by atoms with Crippen LogP contribution in [0.2, 0.25) is 0 Å². The number of nitrogens with zero attached hydrogens (tertiary/aromatic N) is 1. The van der Waals surface area contributed by atoms with Crippen LogP contribution in [0.4, 0.5) is 0 Å². The van der Waals surface area contributed by atoms with Gasteiger partial charge in [0.1, 0.15) is 0 Å². The molecule has 100 valence electrons. The molecule has 0 aromatic carbocycles. The first kappa shape index (κ1) is 14.4. The van der Waals surface area contributed by atoms with Crippen LogP contribution in [0.3, 0.4) is 0 Å². The van der Waals surface area contributed by atoms with Gasteiger partial charge in [-0.2, -0.15) is 0 Å². The molecule has 0 aliphatic carbocycles. The highest BCUT2D eigenvalue weighted by Gasteiger charge is 2.25. The molecule has 0 atom stereocenters. The van der Waals surface area contributed by atoms with Gasteiger partial charge in [0, 0.05) is 26.2 Å². The fraction of sp³-hybridized carbons (Fsp3) is 0.538. The van der Waals surface area contributed by atoms with Gasteiger partial charge in [0.05, 0.1) is 18.2 Å². The Labute approximate surface area is 108 Å². The molecular formula is C13H21N3O2. The Morgan fingerprint density at radius 2 is 2.17 bits per heavy atom. The fourth-order valence-electron chi connectivity index (χ4n) is 1.59. The summed E-state index contributed by atoms with van der Waals surface area (Å²) in [4.78, 5) is 15.9. The van der Waals surface area contributed by atoms with Crippen LogP contribution in [0.15, 0.2) is 18.2 Å². The van der Waals surface area contributed by atoms with E-state index in [1.807, 2.05) is 26.0 Å². The normalized spacial score (nSPS) is 11.1. The molecular weight excluding hydrogens is 230 g/mol. The van der Waals surface area contributed by atoms with Crippen molar-refractivity contribution < 1.29 is 9.53 Å². The highest BCUT2D eigenvalue weighted by Crippen LogP contribution is 2.13. The average molecular weight is 251 g/mol. The molecule has 1 aromatic heterocycles. The largest absolute Gasteiger partial charge is 0.481 e. The van der Waals surface area contributed by atoms with E-state index in [1.54, 1.807) is 20.2 Å². The van der Waals surface area contributed by atoms with E-state index in [9.17, 15) is 4.79 Å². The first-order valence-electron chi connectivity index (χ1n) is 5.92. The number of methoxy groups -OCH3 is 1. The highest BCUT2D eigenvalue weighted by atomic mass is 16.5. The molecule has 2 N–H and O–H groups in total. The minimum absolute atomic E-state index is 0.0219. The van der Waals surface area contributed by atoms with Crippen molar-refractivity contribution in [3.05, 3.63) is 23.9 Å². The number of aromatic nitrogens is 1. The van der Waals surface area contributed by atoms with Gasteiger partial charge >= 0.3 is 0 Å². The van der Waals surface area contributed by atoms with Crippen LogP contribution in [0, 0.1) is 5.41 Å². The van der Waals surface area contributed by atoms with Gasteiger partial charge in [0.2, 0.25) is 11.8 Å². The zero-order valence-corrected chi connectivity index (χ0v) is 11.4. The second-order valence-corrected chi connectivity index (χ2v) is 4.74. The summed E-state index contributed by atoms with van der Waals surface area (Å²) in [7, 11) is 3.24. The molecule has 1 heterocycles. The lowest BCUT2D eigenvalue weighted by Crippen LogP contribution is -2.41. The Morgan fingerprint density at radius 3 is 2.78 bits per heavy atom. The Morgan fingerprint density at radius 1 is 1.44 bits per heavy atom. The standard InChI is InChI=1S/C13H21N3O2/c1-13(2,12(17)14-3)9-15-8-10-6-5-7-11(16-10)18-4/h5-7,15H,8-9H2,1-4H3,(H,14,17). The molecule has 0 aliphatic heterocycles. The van der Waals surface area contributed by atoms with Crippen LogP contribution in [-0.2, 0) is 11.3 Å². The van der Waals surface area contributed by atoms with E-state index in [4.69, 9.17) is 4.74 Å². The lowest BCUT2D eigenvalue weighted by atomic mass is 9.92. The number of amides is 1. The number of carbonyl (C=O) groups excluding carboxylic acids is 1. The topological polar surface area (TPSA) is 63.2 Å². The Bertz CT molecular complexity index is 405. The predicted octanol–water partition coefficient (Wildman–Crippen LogP) is 0.952. The van der Waals surface area contributed by atoms with E-state index in [2.05, 4.69) is 15.6 Å². The molecule has 0 spiro atoms. The number of rotatable bonds is 6. The molecule has 18 heavy (non-hydrogen) atoms. The van der Waals surface area contributed by atoms with E-state index >= 15 is 0 Å². The first-order valence-corrected chi connectivity index (χ1v) is 5.92. The molecule has 5 nitrogen and oxygen atoms in total. The van der Waals surface area contributed by atoms with Gasteiger partial charge in [0.15, 0.2) is 0 Å². The summed E-state index contributed by atoms with van der Waals surface area (Å²) in [5, 5.41) is 5.89. The van der Waals surface area contributed by atoms with Crippen LogP contribution in [0.1, 0.15) is 19.5 Å². The minimum atomic E-state index is -0.437. The molecule has 0 bridgehead atoms. The molecule has 0 saturated heterocycles. The summed E-state index contributed by atoms with van der Waals surface area (Å²) < 4.78 is 5.05. The number of carbonyl (C=O) groups is 1. The Kier molecular flexibility index (Phi) is 5.09. The van der Waals surface area contributed by atoms with E-state index in [-0.39, 0.29) is 5.91 Å². The number of pyridine rings is 1. The summed E-state index contributed by atoms with van der Waals surface area (Å²) in [5.41, 5.74) is 0.454. The van der Waals surface area contributed by atoms with Crippen LogP contribution >= 0.6 is 0 Å². The van der Waals surface area contributed by atoms with E-state index in [0.29, 0.717) is 19.0 Å². The number of ether oxygens (including phenoxy) is 1. The molecule has 1 aromatic rings. The third kappa shape index (κ3) is 4.00. The highest BCUT2D eigenvalue weighted by molar-refractivity contribution is 5.81. The second-order valence-electron chi connectivity index (χ2n) is 4.74. The predicted molar refractivity (Wildman–Crippen MR) is 70.3 cm³/mol. The van der Waals surface area contributed by atoms with Crippen molar-refractivity contribution in [3.63, 3.8) is 0 Å². The van der Waals surface area contributed by atoms with Gasteiger partial charge in [0.25, 0.3) is 0 Å². The number of hydrogen-bond acceptors (Lipinski definition) is 4. The van der Waals surface area contributed by atoms with Crippen LogP contribution in [0.25, 0.3) is 0 Å². The third-order valence-corrected chi connectivity index (χ3v) is 2.71. The van der Waals surface area contributed by atoms with Crippen LogP contribution in [0.5, 0.6) is 5.88 Å². The maximum Gasteiger partial charge on any atom is 0.226 e. The van der Waals surface area contributed by atoms with Crippen molar-refractivity contribution in [3.8, 4) is 5.88 Å². The summed E-state index contributed by atoms with van der Waals surface area (Å²) in [6.07, 6.45) is 0. The van der Waals surface area contributed by atoms with Crippen LogP contribution in [-0.4, -0.2) is 31.6 Å². The molecule has 5 heteroatoms. The van der Waals surface area contributed by atoms with Gasteiger partial charge < -0.3 is 15.4 Å². The average Bonchev–Trinajstić information content (AvgIpc) is 2.37. The fourth-order valence-corrected chi connectivity index (χ4v) is 1.59. The molecule has 0 fully saturated rings. The van der Waals surface area contributed by atoms with Gasteiger partial charge in [-0.15, -0.1) is 0 Å². The van der Waals surface area contributed by atoms with Gasteiger partial charge in [-0.3, -0.25) is 4.79 Å². The van der Waals surface area contributed by atoms with E-state index < -0.39 is 5.41 Å². The van der Waals surface area contributed by atoms with Crippen molar-refractivity contribution in [1.29, 1.82) is 0 Å². The van der Waals surface area contributed by atoms with Gasteiger partial charge in [-0.25, -0.2) is 4.98 Å². The summed E-state index contributed by atoms with van der Waals surface area (Å²) >= 11 is 0. The van der Waals surface area contributed by atoms with Gasteiger partial charge in [-0.1, -0.05) is 6.07 Å². The summed E-state index contributed by atoms with van der Waals surface area (Å²) in [6.45, 7) is 5.00. The number of nitrogens with one attached hydrogen (secondary N) is 2. The van der Waals surface area contributed by atoms with Crippen LogP contribution < -0.4 is 15.4 Å². The molecule has 0 aliphatic rings. The first-order chi connectivity index (χ1) is 8.49. The van der Waals surface area contributed by atoms with Crippen molar-refractivity contribution in [2.75, 3.05) is 20.7 Å². The summed E-state index contributed by atoms with van der Waals surface area (Å²) in [5.74, 6) is 0.619. The third-order valence-electron chi connectivity index (χ3n) is 2.71. The molecule has 0 saturated carbocycles. The minimum Gasteiger partial charge on any atom is -0.481 e. The SMILES string of the molecule is CNC(=O)C(C)(C)CNCc1cccc(OC)n1. The van der Waals surface area contributed by atoms with Crippen molar-refractivity contribution in [1.82, 2.24) is 15.6 Å². The van der Waals surface area contributed by atoms with E-state index in [1.165, 1.54) is 0 Å². The Balaban J connectivity index is 2.48. The lowest BCUT2D eigenvalue weighted by Gasteiger charge is -2.22. The van der Waals surface area contributed by atoms with Crippen molar-refractivity contribution in [2.45, 2.75) is 20.4 Å².